The molecule has 0 saturated heterocycles. The predicted octanol–water partition coefficient (Wildman–Crippen LogP) is 2.71. The maximum absolute atomic E-state index is 12.6. The molecule has 1 aromatic rings. The molecule has 0 aliphatic heterocycles. The van der Waals surface area contributed by atoms with Crippen LogP contribution in [0.15, 0.2) is 18.5 Å². The summed E-state index contributed by atoms with van der Waals surface area (Å²) in [4.78, 5) is 3.40. The summed E-state index contributed by atoms with van der Waals surface area (Å²) in [5, 5.41) is 9.43. The van der Waals surface area contributed by atoms with Crippen LogP contribution in [-0.4, -0.2) is 29.5 Å². The minimum Gasteiger partial charge on any atom is -0.386 e. The Bertz CT molecular complexity index is 417. The number of halogens is 6. The van der Waals surface area contributed by atoms with E-state index < -0.39 is 42.8 Å². The zero-order chi connectivity index (χ0) is 14.7. The van der Waals surface area contributed by atoms with Crippen LogP contribution in [0.2, 0.25) is 0 Å². The normalized spacial score (nSPS) is 14.5. The van der Waals surface area contributed by atoms with E-state index in [1.54, 1.807) is 0 Å². The van der Waals surface area contributed by atoms with Crippen LogP contribution < -0.4 is 0 Å². The van der Waals surface area contributed by atoms with Gasteiger partial charge in [0.15, 0.2) is 0 Å². The molecule has 108 valence electrons. The highest BCUT2D eigenvalue weighted by atomic mass is 19.4. The van der Waals surface area contributed by atoms with Crippen molar-refractivity contribution >= 4 is 0 Å². The van der Waals surface area contributed by atoms with Crippen molar-refractivity contribution in [3.05, 3.63) is 29.6 Å². The molecule has 0 aliphatic rings. The summed E-state index contributed by atoms with van der Waals surface area (Å²) >= 11 is 0. The van der Waals surface area contributed by atoms with Crippen molar-refractivity contribution in [2.45, 2.75) is 18.5 Å². The number of rotatable bonds is 4. The maximum Gasteiger partial charge on any atom is 0.416 e. The molecule has 0 saturated carbocycles. The number of pyridine rings is 1. The number of aliphatic hydroxyl groups is 1. The summed E-state index contributed by atoms with van der Waals surface area (Å²) < 4.78 is 77.1. The van der Waals surface area contributed by atoms with Crippen molar-refractivity contribution in [3.63, 3.8) is 0 Å². The third-order valence-corrected chi connectivity index (χ3v) is 2.06. The number of nitrogens with zero attached hydrogens (tertiary/aromatic N) is 1. The topological polar surface area (TPSA) is 42.4 Å². The zero-order valence-electron chi connectivity index (χ0n) is 9.29. The number of alkyl halides is 6. The molecular weight excluding hydrogens is 280 g/mol. The van der Waals surface area contributed by atoms with E-state index in [9.17, 15) is 31.4 Å². The van der Waals surface area contributed by atoms with Crippen molar-refractivity contribution in [2.75, 3.05) is 13.2 Å². The Hall–Kier alpha value is -1.35. The van der Waals surface area contributed by atoms with Gasteiger partial charge in [0.25, 0.3) is 0 Å². The third-order valence-electron chi connectivity index (χ3n) is 2.06. The van der Waals surface area contributed by atoms with Gasteiger partial charge in [0, 0.05) is 18.0 Å². The second-order valence-corrected chi connectivity index (χ2v) is 3.61. The van der Waals surface area contributed by atoms with Crippen LogP contribution in [-0.2, 0) is 10.9 Å². The van der Waals surface area contributed by atoms with Crippen LogP contribution >= 0.6 is 0 Å². The lowest BCUT2D eigenvalue weighted by Crippen LogP contribution is -2.21. The number of ether oxygens (including phenoxy) is 1. The molecule has 0 spiro atoms. The van der Waals surface area contributed by atoms with Gasteiger partial charge in [-0.25, -0.2) is 0 Å². The Morgan fingerprint density at radius 1 is 1.21 bits per heavy atom. The average molecular weight is 289 g/mol. The SMILES string of the molecule is OC(COCC(F)(F)F)c1cnccc1C(F)(F)F. The van der Waals surface area contributed by atoms with Crippen molar-refractivity contribution < 1.29 is 36.2 Å². The Kier molecular flexibility index (Phi) is 4.75. The molecule has 9 heteroatoms. The number of hydrogen-bond acceptors (Lipinski definition) is 3. The third kappa shape index (κ3) is 5.03. The summed E-state index contributed by atoms with van der Waals surface area (Å²) in [5.74, 6) is 0. The molecule has 1 heterocycles. The van der Waals surface area contributed by atoms with Gasteiger partial charge in [-0.2, -0.15) is 26.3 Å². The van der Waals surface area contributed by atoms with Crippen LogP contribution in [0.25, 0.3) is 0 Å². The van der Waals surface area contributed by atoms with Gasteiger partial charge in [-0.1, -0.05) is 0 Å². The highest BCUT2D eigenvalue weighted by molar-refractivity contribution is 5.28. The first-order valence-corrected chi connectivity index (χ1v) is 4.95. The Morgan fingerprint density at radius 2 is 1.84 bits per heavy atom. The van der Waals surface area contributed by atoms with E-state index in [1.807, 2.05) is 0 Å². The Morgan fingerprint density at radius 3 is 2.37 bits per heavy atom. The summed E-state index contributed by atoms with van der Waals surface area (Å²) in [6.45, 7) is -2.56. The Balaban J connectivity index is 2.75. The number of aliphatic hydroxyl groups excluding tert-OH is 1. The molecule has 0 amide bonds. The molecular formula is C10H9F6NO2. The molecule has 1 atom stereocenters. The summed E-state index contributed by atoms with van der Waals surface area (Å²) in [6.07, 6.45) is -9.57. The van der Waals surface area contributed by atoms with Crippen molar-refractivity contribution in [1.82, 2.24) is 4.98 Å². The molecule has 0 aromatic carbocycles. The quantitative estimate of drug-likeness (QED) is 0.867. The second-order valence-electron chi connectivity index (χ2n) is 3.61. The fourth-order valence-electron chi connectivity index (χ4n) is 1.31. The molecule has 1 aromatic heterocycles. The van der Waals surface area contributed by atoms with Crippen LogP contribution in [0.4, 0.5) is 26.3 Å². The minimum absolute atomic E-state index is 0.627. The van der Waals surface area contributed by atoms with Gasteiger partial charge in [0.1, 0.15) is 12.7 Å². The van der Waals surface area contributed by atoms with Gasteiger partial charge < -0.3 is 9.84 Å². The lowest BCUT2D eigenvalue weighted by Gasteiger charge is -2.17. The van der Waals surface area contributed by atoms with E-state index in [4.69, 9.17) is 0 Å². The van der Waals surface area contributed by atoms with Crippen LogP contribution in [0.3, 0.4) is 0 Å². The molecule has 0 fully saturated rings. The van der Waals surface area contributed by atoms with Crippen LogP contribution in [0.5, 0.6) is 0 Å². The maximum atomic E-state index is 12.6. The van der Waals surface area contributed by atoms with Crippen molar-refractivity contribution in [2.24, 2.45) is 0 Å². The number of hydrogen-bond donors (Lipinski definition) is 1. The number of aromatic nitrogens is 1. The van der Waals surface area contributed by atoms with Gasteiger partial charge >= 0.3 is 12.4 Å². The molecule has 1 unspecified atom stereocenters. The first-order valence-electron chi connectivity index (χ1n) is 4.95. The van der Waals surface area contributed by atoms with E-state index in [-0.39, 0.29) is 0 Å². The fourth-order valence-corrected chi connectivity index (χ4v) is 1.31. The van der Waals surface area contributed by atoms with E-state index >= 15 is 0 Å². The van der Waals surface area contributed by atoms with Gasteiger partial charge in [-0.15, -0.1) is 0 Å². The standard InChI is InChI=1S/C10H9F6NO2/c11-9(12,13)5-19-4-8(18)6-3-17-2-1-7(6)10(14,15)16/h1-3,8,18H,4-5H2. The molecule has 0 bridgehead atoms. The van der Waals surface area contributed by atoms with Gasteiger partial charge in [0.2, 0.25) is 0 Å². The summed E-state index contributed by atoms with van der Waals surface area (Å²) in [6, 6.07) is 0.627. The molecule has 19 heavy (non-hydrogen) atoms. The fraction of sp³-hybridized carbons (Fsp3) is 0.500. The van der Waals surface area contributed by atoms with Crippen LogP contribution in [0.1, 0.15) is 17.2 Å². The Labute approximate surface area is 103 Å². The monoisotopic (exact) mass is 289 g/mol. The van der Waals surface area contributed by atoms with E-state index in [2.05, 4.69) is 9.72 Å². The highest BCUT2D eigenvalue weighted by Gasteiger charge is 2.35. The van der Waals surface area contributed by atoms with E-state index in [0.29, 0.717) is 6.07 Å². The van der Waals surface area contributed by atoms with E-state index in [0.717, 1.165) is 12.4 Å². The van der Waals surface area contributed by atoms with Gasteiger partial charge in [-0.05, 0) is 6.07 Å². The van der Waals surface area contributed by atoms with Crippen LogP contribution in [0, 0.1) is 0 Å². The van der Waals surface area contributed by atoms with Gasteiger partial charge in [0.05, 0.1) is 12.2 Å². The van der Waals surface area contributed by atoms with E-state index in [1.165, 1.54) is 0 Å². The lowest BCUT2D eigenvalue weighted by atomic mass is 10.1. The smallest absolute Gasteiger partial charge is 0.386 e. The highest BCUT2D eigenvalue weighted by Crippen LogP contribution is 2.34. The van der Waals surface area contributed by atoms with Gasteiger partial charge in [-0.3, -0.25) is 4.98 Å². The summed E-state index contributed by atoms with van der Waals surface area (Å²) in [5.41, 5.74) is -1.79. The molecule has 0 radical (unpaired) electrons. The predicted molar refractivity (Wildman–Crippen MR) is 51.1 cm³/mol. The van der Waals surface area contributed by atoms with Crippen molar-refractivity contribution in [3.8, 4) is 0 Å². The minimum atomic E-state index is -4.73. The molecule has 1 N–H and O–H groups in total. The first kappa shape index (κ1) is 15.7. The zero-order valence-corrected chi connectivity index (χ0v) is 9.29. The molecule has 0 aliphatic carbocycles. The van der Waals surface area contributed by atoms with Crippen molar-refractivity contribution in [1.29, 1.82) is 0 Å². The molecule has 1 rings (SSSR count). The molecule has 3 nitrogen and oxygen atoms in total. The summed E-state index contributed by atoms with van der Waals surface area (Å²) in [7, 11) is 0. The largest absolute Gasteiger partial charge is 0.416 e. The second kappa shape index (κ2) is 5.74. The lowest BCUT2D eigenvalue weighted by molar-refractivity contribution is -0.180. The first-order chi connectivity index (χ1) is 8.61. The average Bonchev–Trinajstić information content (AvgIpc) is 2.26.